The molecule has 0 radical (unpaired) electrons. The third-order valence-electron chi connectivity index (χ3n) is 4.42. The van der Waals surface area contributed by atoms with E-state index < -0.39 is 17.4 Å². The Morgan fingerprint density at radius 3 is 2.62 bits per heavy atom. The molecule has 0 saturated heterocycles. The summed E-state index contributed by atoms with van der Waals surface area (Å²) >= 11 is 0. The maximum absolute atomic E-state index is 12.6. The van der Waals surface area contributed by atoms with E-state index in [1.54, 1.807) is 31.2 Å². The minimum absolute atomic E-state index is 0.0438. The van der Waals surface area contributed by atoms with Crippen molar-refractivity contribution >= 4 is 29.2 Å². The molecule has 2 aromatic rings. The first-order chi connectivity index (χ1) is 12.3. The van der Waals surface area contributed by atoms with Crippen LogP contribution < -0.4 is 21.9 Å². The molecule has 1 aromatic heterocycles. The monoisotopic (exact) mass is 354 g/mol. The molecule has 1 atom stereocenters. The number of carbonyl (C=O) groups excluding carboxylic acids is 3. The number of nitrogens with two attached hydrogens (primary N) is 1. The molecule has 1 aromatic carbocycles. The van der Waals surface area contributed by atoms with Gasteiger partial charge in [-0.15, -0.1) is 0 Å². The van der Waals surface area contributed by atoms with Gasteiger partial charge in [-0.2, -0.15) is 0 Å². The van der Waals surface area contributed by atoms with Crippen LogP contribution in [0.15, 0.2) is 35.1 Å². The Morgan fingerprint density at radius 1 is 1.23 bits per heavy atom. The number of hydrogen-bond acceptors (Lipinski definition) is 5. The van der Waals surface area contributed by atoms with Gasteiger partial charge < -0.3 is 11.1 Å². The normalized spacial score (nSPS) is 13.9. The number of aromatic nitrogens is 1. The lowest BCUT2D eigenvalue weighted by Crippen LogP contribution is -2.26. The zero-order valence-electron chi connectivity index (χ0n) is 14.3. The highest BCUT2D eigenvalue weighted by atomic mass is 16.2. The Kier molecular flexibility index (Phi) is 4.33. The van der Waals surface area contributed by atoms with Crippen LogP contribution in [0.5, 0.6) is 0 Å². The Hall–Kier alpha value is -3.42. The second-order valence-electron chi connectivity index (χ2n) is 6.09. The molecule has 134 valence electrons. The molecule has 0 spiro atoms. The van der Waals surface area contributed by atoms with Crippen LogP contribution in [0.25, 0.3) is 5.69 Å². The van der Waals surface area contributed by atoms with E-state index in [-0.39, 0.29) is 28.8 Å². The van der Waals surface area contributed by atoms with Gasteiger partial charge in [0.2, 0.25) is 5.91 Å². The van der Waals surface area contributed by atoms with Crippen LogP contribution in [0.3, 0.4) is 0 Å². The number of pyridine rings is 1. The van der Waals surface area contributed by atoms with Crippen molar-refractivity contribution in [1.82, 2.24) is 9.88 Å². The summed E-state index contributed by atoms with van der Waals surface area (Å²) in [5.41, 5.74) is 6.09. The lowest BCUT2D eigenvalue weighted by Gasteiger charge is -2.17. The molecule has 4 N–H and O–H groups in total. The molecule has 0 fully saturated rings. The molecule has 26 heavy (non-hydrogen) atoms. The molecule has 3 rings (SSSR count). The van der Waals surface area contributed by atoms with Gasteiger partial charge in [0.25, 0.3) is 17.4 Å². The fourth-order valence-electron chi connectivity index (χ4n) is 2.74. The van der Waals surface area contributed by atoms with Crippen LogP contribution in [0.4, 0.5) is 11.5 Å². The van der Waals surface area contributed by atoms with E-state index in [2.05, 4.69) is 10.6 Å². The molecule has 1 aliphatic rings. The Balaban J connectivity index is 2.16. The fraction of sp³-hybridized carbons (Fsp3) is 0.222. The van der Waals surface area contributed by atoms with Crippen LogP contribution >= 0.6 is 0 Å². The van der Waals surface area contributed by atoms with Crippen molar-refractivity contribution in [3.05, 3.63) is 51.8 Å². The summed E-state index contributed by atoms with van der Waals surface area (Å²) in [5.74, 6) is -1.86. The number of fused-ring (bicyclic) bond motifs is 1. The SMILES string of the molecule is CCC(C)C(=O)Nc1ccccc1-n1c(N)c2c(cc1=O)C(=O)NC2=O. The highest BCUT2D eigenvalue weighted by Crippen LogP contribution is 2.26. The molecular formula is C18H18N4O4. The van der Waals surface area contributed by atoms with E-state index >= 15 is 0 Å². The molecule has 1 aliphatic heterocycles. The summed E-state index contributed by atoms with van der Waals surface area (Å²) in [6.07, 6.45) is 0.664. The number of carbonyl (C=O) groups is 3. The number of benzene rings is 1. The van der Waals surface area contributed by atoms with Crippen molar-refractivity contribution < 1.29 is 14.4 Å². The molecular weight excluding hydrogens is 336 g/mol. The van der Waals surface area contributed by atoms with Crippen LogP contribution in [0.2, 0.25) is 0 Å². The number of nitrogens with one attached hydrogen (secondary N) is 2. The highest BCUT2D eigenvalue weighted by Gasteiger charge is 2.32. The molecule has 8 heteroatoms. The smallest absolute Gasteiger partial charge is 0.262 e. The first kappa shape index (κ1) is 17.4. The molecule has 0 aliphatic carbocycles. The van der Waals surface area contributed by atoms with E-state index in [1.807, 2.05) is 6.92 Å². The van der Waals surface area contributed by atoms with Crippen LogP contribution in [-0.4, -0.2) is 22.3 Å². The fourth-order valence-corrected chi connectivity index (χ4v) is 2.74. The van der Waals surface area contributed by atoms with Crippen molar-refractivity contribution in [2.24, 2.45) is 5.92 Å². The number of nitrogens with zero attached hydrogens (tertiary/aromatic N) is 1. The maximum Gasteiger partial charge on any atom is 0.262 e. The third-order valence-corrected chi connectivity index (χ3v) is 4.42. The molecule has 2 heterocycles. The molecule has 0 saturated carbocycles. The number of anilines is 2. The molecule has 3 amide bonds. The lowest BCUT2D eigenvalue weighted by molar-refractivity contribution is -0.119. The number of para-hydroxylation sites is 2. The largest absolute Gasteiger partial charge is 0.384 e. The number of amides is 3. The first-order valence-corrected chi connectivity index (χ1v) is 8.16. The number of hydrogen-bond donors (Lipinski definition) is 3. The molecule has 1 unspecified atom stereocenters. The quantitative estimate of drug-likeness (QED) is 0.714. The van der Waals surface area contributed by atoms with Crippen molar-refractivity contribution in [1.29, 1.82) is 0 Å². The topological polar surface area (TPSA) is 123 Å². The van der Waals surface area contributed by atoms with E-state index in [0.29, 0.717) is 17.8 Å². The summed E-state index contributed by atoms with van der Waals surface area (Å²) in [6, 6.07) is 7.70. The van der Waals surface area contributed by atoms with Gasteiger partial charge in [0, 0.05) is 12.0 Å². The van der Waals surface area contributed by atoms with Gasteiger partial charge in [-0.25, -0.2) is 0 Å². The summed E-state index contributed by atoms with van der Waals surface area (Å²) in [5, 5.41) is 4.90. The minimum Gasteiger partial charge on any atom is -0.384 e. The van der Waals surface area contributed by atoms with Gasteiger partial charge >= 0.3 is 0 Å². The van der Waals surface area contributed by atoms with E-state index in [1.165, 1.54) is 0 Å². The Bertz CT molecular complexity index is 993. The standard InChI is InChI=1S/C18H18N4O4/c1-3-9(2)16(24)20-11-6-4-5-7-12(11)22-13(23)8-10-14(15(22)19)18(26)21-17(10)25/h4-9H,3,19H2,1-2H3,(H,20,24)(H,21,25,26). The van der Waals surface area contributed by atoms with Crippen molar-refractivity contribution in [3.8, 4) is 5.69 Å². The van der Waals surface area contributed by atoms with Crippen LogP contribution in [-0.2, 0) is 4.79 Å². The average molecular weight is 354 g/mol. The first-order valence-electron chi connectivity index (χ1n) is 8.16. The van der Waals surface area contributed by atoms with Crippen molar-refractivity contribution in [3.63, 3.8) is 0 Å². The summed E-state index contributed by atoms with van der Waals surface area (Å²) in [6.45, 7) is 3.69. The van der Waals surface area contributed by atoms with Gasteiger partial charge in [-0.3, -0.25) is 29.1 Å². The van der Waals surface area contributed by atoms with Crippen LogP contribution in [0, 0.1) is 5.92 Å². The van der Waals surface area contributed by atoms with Gasteiger partial charge in [0.05, 0.1) is 22.5 Å². The number of rotatable bonds is 4. The predicted molar refractivity (Wildman–Crippen MR) is 96.3 cm³/mol. The second kappa shape index (κ2) is 6.47. The van der Waals surface area contributed by atoms with Crippen LogP contribution in [0.1, 0.15) is 41.0 Å². The lowest BCUT2D eigenvalue weighted by atomic mass is 10.1. The minimum atomic E-state index is -0.655. The van der Waals surface area contributed by atoms with Crippen molar-refractivity contribution in [2.75, 3.05) is 11.1 Å². The summed E-state index contributed by atoms with van der Waals surface area (Å²) < 4.78 is 1.11. The van der Waals surface area contributed by atoms with Gasteiger partial charge in [0.1, 0.15) is 5.82 Å². The zero-order chi connectivity index (χ0) is 19.0. The van der Waals surface area contributed by atoms with E-state index in [0.717, 1.165) is 10.6 Å². The van der Waals surface area contributed by atoms with Gasteiger partial charge in [0.15, 0.2) is 0 Å². The second-order valence-corrected chi connectivity index (χ2v) is 6.09. The molecule has 8 nitrogen and oxygen atoms in total. The summed E-state index contributed by atoms with van der Waals surface area (Å²) in [7, 11) is 0. The third kappa shape index (κ3) is 2.75. The van der Waals surface area contributed by atoms with Crippen molar-refractivity contribution in [2.45, 2.75) is 20.3 Å². The maximum atomic E-state index is 12.6. The summed E-state index contributed by atoms with van der Waals surface area (Å²) in [4.78, 5) is 48.5. The average Bonchev–Trinajstić information content (AvgIpc) is 2.89. The number of nitrogen functional groups attached to an aromatic ring is 1. The van der Waals surface area contributed by atoms with E-state index in [9.17, 15) is 19.2 Å². The highest BCUT2D eigenvalue weighted by molar-refractivity contribution is 6.23. The van der Waals surface area contributed by atoms with Gasteiger partial charge in [-0.1, -0.05) is 26.0 Å². The molecule has 0 bridgehead atoms. The van der Waals surface area contributed by atoms with E-state index in [4.69, 9.17) is 5.73 Å². The zero-order valence-corrected chi connectivity index (χ0v) is 14.3. The Labute approximate surface area is 149 Å². The predicted octanol–water partition coefficient (Wildman–Crippen LogP) is 1.29. The van der Waals surface area contributed by atoms with Gasteiger partial charge in [-0.05, 0) is 18.6 Å². The number of imide groups is 1. The Morgan fingerprint density at radius 2 is 1.92 bits per heavy atom.